The molecule has 0 saturated heterocycles. The highest BCUT2D eigenvalue weighted by Crippen LogP contribution is 2.20. The van der Waals surface area contributed by atoms with E-state index < -0.39 is 0 Å². The fraction of sp³-hybridized carbons (Fsp3) is 0.235. The molecule has 0 aliphatic carbocycles. The highest BCUT2D eigenvalue weighted by molar-refractivity contribution is 5.83. The number of hydrogen-bond acceptors (Lipinski definition) is 2. The quantitative estimate of drug-likeness (QED) is 0.877. The SMILES string of the molecule is CC(C(=O)N(C)Cc1ccc(F)cc1)c1cccc(N)c1. The van der Waals surface area contributed by atoms with Gasteiger partial charge in [0.05, 0.1) is 5.92 Å². The van der Waals surface area contributed by atoms with Gasteiger partial charge in [-0.25, -0.2) is 4.39 Å². The lowest BCUT2D eigenvalue weighted by molar-refractivity contribution is -0.131. The lowest BCUT2D eigenvalue weighted by atomic mass is 9.99. The van der Waals surface area contributed by atoms with Gasteiger partial charge in [0.1, 0.15) is 5.82 Å². The molecule has 2 aromatic rings. The molecule has 2 aromatic carbocycles. The highest BCUT2D eigenvalue weighted by atomic mass is 19.1. The summed E-state index contributed by atoms with van der Waals surface area (Å²) in [6.45, 7) is 2.31. The molecule has 1 unspecified atom stereocenters. The van der Waals surface area contributed by atoms with Gasteiger partial charge in [-0.3, -0.25) is 4.79 Å². The molecule has 0 fully saturated rings. The van der Waals surface area contributed by atoms with Crippen molar-refractivity contribution in [3.63, 3.8) is 0 Å². The summed E-state index contributed by atoms with van der Waals surface area (Å²) in [5, 5.41) is 0. The van der Waals surface area contributed by atoms with Crippen molar-refractivity contribution >= 4 is 11.6 Å². The number of likely N-dealkylation sites (N-methyl/N-ethyl adjacent to an activating group) is 1. The topological polar surface area (TPSA) is 46.3 Å². The lowest BCUT2D eigenvalue weighted by Gasteiger charge is -2.22. The molecule has 1 atom stereocenters. The minimum absolute atomic E-state index is 0.00456. The molecule has 0 aliphatic rings. The van der Waals surface area contributed by atoms with E-state index in [4.69, 9.17) is 5.73 Å². The Hall–Kier alpha value is -2.36. The van der Waals surface area contributed by atoms with Crippen molar-refractivity contribution in [1.29, 1.82) is 0 Å². The summed E-state index contributed by atoms with van der Waals surface area (Å²) in [6, 6.07) is 13.5. The maximum Gasteiger partial charge on any atom is 0.229 e. The van der Waals surface area contributed by atoms with Crippen LogP contribution in [0, 0.1) is 5.82 Å². The molecular weight excluding hydrogens is 267 g/mol. The Morgan fingerprint density at radius 3 is 2.52 bits per heavy atom. The van der Waals surface area contributed by atoms with E-state index in [9.17, 15) is 9.18 Å². The first kappa shape index (κ1) is 15.0. The molecule has 0 spiro atoms. The van der Waals surface area contributed by atoms with Crippen LogP contribution in [0.5, 0.6) is 0 Å². The second kappa shape index (κ2) is 6.39. The number of nitrogens with two attached hydrogens (primary N) is 1. The van der Waals surface area contributed by atoms with Gasteiger partial charge in [0.25, 0.3) is 0 Å². The smallest absolute Gasteiger partial charge is 0.229 e. The normalized spacial score (nSPS) is 12.0. The summed E-state index contributed by atoms with van der Waals surface area (Å²) in [7, 11) is 1.74. The molecular formula is C17H19FN2O. The highest BCUT2D eigenvalue weighted by Gasteiger charge is 2.19. The summed E-state index contributed by atoms with van der Waals surface area (Å²) < 4.78 is 12.9. The first-order valence-corrected chi connectivity index (χ1v) is 6.82. The summed E-state index contributed by atoms with van der Waals surface area (Å²) >= 11 is 0. The van der Waals surface area contributed by atoms with E-state index in [1.54, 1.807) is 30.1 Å². The van der Waals surface area contributed by atoms with E-state index in [2.05, 4.69) is 0 Å². The van der Waals surface area contributed by atoms with Crippen LogP contribution < -0.4 is 5.73 Å². The van der Waals surface area contributed by atoms with Crippen LogP contribution >= 0.6 is 0 Å². The second-order valence-electron chi connectivity index (χ2n) is 5.21. The first-order valence-electron chi connectivity index (χ1n) is 6.82. The number of halogens is 1. The zero-order valence-electron chi connectivity index (χ0n) is 12.2. The van der Waals surface area contributed by atoms with E-state index in [0.717, 1.165) is 11.1 Å². The Balaban J connectivity index is 2.06. The number of benzene rings is 2. The Labute approximate surface area is 124 Å². The third-order valence-corrected chi connectivity index (χ3v) is 3.49. The van der Waals surface area contributed by atoms with Crippen molar-refractivity contribution in [3.8, 4) is 0 Å². The van der Waals surface area contributed by atoms with Gasteiger partial charge >= 0.3 is 0 Å². The Bertz CT molecular complexity index is 625. The van der Waals surface area contributed by atoms with Crippen LogP contribution in [0.4, 0.5) is 10.1 Å². The number of rotatable bonds is 4. The van der Waals surface area contributed by atoms with E-state index in [1.165, 1.54) is 12.1 Å². The largest absolute Gasteiger partial charge is 0.399 e. The molecule has 0 heterocycles. The number of nitrogens with zero attached hydrogens (tertiary/aromatic N) is 1. The molecule has 2 N–H and O–H groups in total. The molecule has 0 aromatic heterocycles. The molecule has 1 amide bonds. The number of hydrogen-bond donors (Lipinski definition) is 1. The van der Waals surface area contributed by atoms with E-state index in [-0.39, 0.29) is 17.6 Å². The molecule has 2 rings (SSSR count). The third kappa shape index (κ3) is 3.81. The minimum Gasteiger partial charge on any atom is -0.399 e. The predicted octanol–water partition coefficient (Wildman–Crippen LogP) is 3.17. The van der Waals surface area contributed by atoms with E-state index in [0.29, 0.717) is 12.2 Å². The Kier molecular flexibility index (Phi) is 4.58. The van der Waals surface area contributed by atoms with Gasteiger partial charge in [-0.2, -0.15) is 0 Å². The van der Waals surface area contributed by atoms with E-state index in [1.807, 2.05) is 25.1 Å². The summed E-state index contributed by atoms with van der Waals surface area (Å²) in [4.78, 5) is 14.1. The van der Waals surface area contributed by atoms with Crippen molar-refractivity contribution in [2.75, 3.05) is 12.8 Å². The van der Waals surface area contributed by atoms with Crippen molar-refractivity contribution in [2.24, 2.45) is 0 Å². The standard InChI is InChI=1S/C17H19FN2O/c1-12(14-4-3-5-16(19)10-14)17(21)20(2)11-13-6-8-15(18)9-7-13/h3-10,12H,11,19H2,1-2H3. The van der Waals surface area contributed by atoms with Gasteiger partial charge < -0.3 is 10.6 Å². The van der Waals surface area contributed by atoms with Gasteiger partial charge in [0.2, 0.25) is 5.91 Å². The van der Waals surface area contributed by atoms with Crippen LogP contribution in [-0.2, 0) is 11.3 Å². The van der Waals surface area contributed by atoms with E-state index >= 15 is 0 Å². The fourth-order valence-corrected chi connectivity index (χ4v) is 2.24. The van der Waals surface area contributed by atoms with Crippen molar-refractivity contribution in [3.05, 3.63) is 65.5 Å². The Morgan fingerprint density at radius 2 is 1.90 bits per heavy atom. The molecule has 110 valence electrons. The van der Waals surface area contributed by atoms with Crippen LogP contribution in [0.25, 0.3) is 0 Å². The molecule has 21 heavy (non-hydrogen) atoms. The average Bonchev–Trinajstić information content (AvgIpc) is 2.48. The zero-order chi connectivity index (χ0) is 15.4. The average molecular weight is 286 g/mol. The maximum absolute atomic E-state index is 12.9. The monoisotopic (exact) mass is 286 g/mol. The number of amides is 1. The lowest BCUT2D eigenvalue weighted by Crippen LogP contribution is -2.30. The van der Waals surface area contributed by atoms with Gasteiger partial charge in [0.15, 0.2) is 0 Å². The number of anilines is 1. The molecule has 4 heteroatoms. The second-order valence-corrected chi connectivity index (χ2v) is 5.21. The summed E-state index contributed by atoms with van der Waals surface area (Å²) in [6.07, 6.45) is 0. The Morgan fingerprint density at radius 1 is 1.24 bits per heavy atom. The van der Waals surface area contributed by atoms with Crippen LogP contribution in [0.15, 0.2) is 48.5 Å². The van der Waals surface area contributed by atoms with Gasteiger partial charge in [0, 0.05) is 19.3 Å². The fourth-order valence-electron chi connectivity index (χ4n) is 2.24. The molecule has 0 bridgehead atoms. The summed E-state index contributed by atoms with van der Waals surface area (Å²) in [5.41, 5.74) is 8.19. The first-order chi connectivity index (χ1) is 9.97. The molecule has 0 saturated carbocycles. The molecule has 0 aliphatic heterocycles. The van der Waals surface area contributed by atoms with Crippen LogP contribution in [0.3, 0.4) is 0 Å². The van der Waals surface area contributed by atoms with Crippen molar-refractivity contribution in [2.45, 2.75) is 19.4 Å². The molecule has 0 radical (unpaired) electrons. The van der Waals surface area contributed by atoms with Gasteiger partial charge in [-0.1, -0.05) is 24.3 Å². The summed E-state index contributed by atoms with van der Waals surface area (Å²) in [5.74, 6) is -0.537. The van der Waals surface area contributed by atoms with Crippen LogP contribution in [-0.4, -0.2) is 17.9 Å². The number of nitrogen functional groups attached to an aromatic ring is 1. The number of carbonyl (C=O) groups is 1. The zero-order valence-corrected chi connectivity index (χ0v) is 12.2. The minimum atomic E-state index is -0.277. The molecule has 3 nitrogen and oxygen atoms in total. The van der Waals surface area contributed by atoms with Crippen LogP contribution in [0.1, 0.15) is 24.0 Å². The van der Waals surface area contributed by atoms with Gasteiger partial charge in [-0.15, -0.1) is 0 Å². The number of carbonyl (C=O) groups excluding carboxylic acids is 1. The van der Waals surface area contributed by atoms with Gasteiger partial charge in [-0.05, 0) is 42.3 Å². The van der Waals surface area contributed by atoms with Crippen molar-refractivity contribution in [1.82, 2.24) is 4.90 Å². The maximum atomic E-state index is 12.9. The predicted molar refractivity (Wildman–Crippen MR) is 82.1 cm³/mol. The van der Waals surface area contributed by atoms with Crippen molar-refractivity contribution < 1.29 is 9.18 Å². The van der Waals surface area contributed by atoms with Crippen LogP contribution in [0.2, 0.25) is 0 Å². The third-order valence-electron chi connectivity index (χ3n) is 3.49.